The van der Waals surface area contributed by atoms with Gasteiger partial charge in [-0.2, -0.15) is 0 Å². The SMILES string of the molecule is CCN(CC)CCn1c(COc2ccc(OC)cc2)nc2ccccc21.Cl. The topological polar surface area (TPSA) is 39.5 Å². The normalized spacial score (nSPS) is 10.8. The zero-order valence-corrected chi connectivity index (χ0v) is 17.0. The first-order valence-electron chi connectivity index (χ1n) is 9.18. The molecule has 0 amide bonds. The van der Waals surface area contributed by atoms with Gasteiger partial charge in [0.2, 0.25) is 0 Å². The molecule has 1 aromatic heterocycles. The molecule has 2 aromatic carbocycles. The lowest BCUT2D eigenvalue weighted by Gasteiger charge is -2.19. The Hall–Kier alpha value is -2.24. The summed E-state index contributed by atoms with van der Waals surface area (Å²) in [6.07, 6.45) is 0. The maximum absolute atomic E-state index is 5.97. The maximum atomic E-state index is 5.97. The van der Waals surface area contributed by atoms with Crippen molar-refractivity contribution in [1.82, 2.24) is 14.5 Å². The molecule has 0 N–H and O–H groups in total. The van der Waals surface area contributed by atoms with Gasteiger partial charge in [-0.1, -0.05) is 26.0 Å². The highest BCUT2D eigenvalue weighted by Gasteiger charge is 2.12. The van der Waals surface area contributed by atoms with E-state index >= 15 is 0 Å². The van der Waals surface area contributed by atoms with Gasteiger partial charge in [0.15, 0.2) is 0 Å². The molecule has 3 aromatic rings. The number of fused-ring (bicyclic) bond motifs is 1. The summed E-state index contributed by atoms with van der Waals surface area (Å²) in [6.45, 7) is 8.86. The van der Waals surface area contributed by atoms with Crippen LogP contribution in [0.15, 0.2) is 48.5 Å². The summed E-state index contributed by atoms with van der Waals surface area (Å²) in [5.41, 5.74) is 2.17. The Kier molecular flexibility index (Phi) is 7.95. The molecule has 3 rings (SSSR count). The number of ether oxygens (including phenoxy) is 2. The van der Waals surface area contributed by atoms with Crippen molar-refractivity contribution in [1.29, 1.82) is 0 Å². The number of hydrogen-bond acceptors (Lipinski definition) is 4. The third kappa shape index (κ3) is 5.15. The molecule has 0 unspecified atom stereocenters. The number of benzene rings is 2. The van der Waals surface area contributed by atoms with Crippen LogP contribution in [0.1, 0.15) is 19.7 Å². The van der Waals surface area contributed by atoms with Crippen LogP contribution in [0.2, 0.25) is 0 Å². The number of aromatic nitrogens is 2. The van der Waals surface area contributed by atoms with E-state index in [2.05, 4.69) is 41.5 Å². The summed E-state index contributed by atoms with van der Waals surface area (Å²) in [5.74, 6) is 2.59. The third-order valence-electron chi connectivity index (χ3n) is 4.70. The first-order chi connectivity index (χ1) is 12.7. The van der Waals surface area contributed by atoms with Gasteiger partial charge >= 0.3 is 0 Å². The molecule has 5 nitrogen and oxygen atoms in total. The lowest BCUT2D eigenvalue weighted by atomic mass is 10.3. The predicted octanol–water partition coefficient (Wildman–Crippen LogP) is 4.39. The van der Waals surface area contributed by atoms with E-state index in [9.17, 15) is 0 Å². The van der Waals surface area contributed by atoms with E-state index in [1.807, 2.05) is 30.3 Å². The molecule has 0 aliphatic heterocycles. The summed E-state index contributed by atoms with van der Waals surface area (Å²) in [4.78, 5) is 7.21. The van der Waals surface area contributed by atoms with E-state index in [1.54, 1.807) is 7.11 Å². The number of imidazole rings is 1. The van der Waals surface area contributed by atoms with Crippen molar-refractivity contribution < 1.29 is 9.47 Å². The fraction of sp³-hybridized carbons (Fsp3) is 0.381. The van der Waals surface area contributed by atoms with Crippen LogP contribution in [0, 0.1) is 0 Å². The van der Waals surface area contributed by atoms with Crippen LogP contribution >= 0.6 is 12.4 Å². The van der Waals surface area contributed by atoms with Crippen molar-refractivity contribution in [2.45, 2.75) is 27.0 Å². The fourth-order valence-electron chi connectivity index (χ4n) is 3.09. The summed E-state index contributed by atoms with van der Waals surface area (Å²) in [5, 5.41) is 0. The van der Waals surface area contributed by atoms with Gasteiger partial charge in [0, 0.05) is 13.1 Å². The minimum absolute atomic E-state index is 0. The monoisotopic (exact) mass is 389 g/mol. The lowest BCUT2D eigenvalue weighted by molar-refractivity contribution is 0.271. The van der Waals surface area contributed by atoms with Crippen molar-refractivity contribution in [2.75, 3.05) is 26.7 Å². The van der Waals surface area contributed by atoms with Crippen LogP contribution < -0.4 is 9.47 Å². The molecule has 0 bridgehead atoms. The fourth-order valence-corrected chi connectivity index (χ4v) is 3.09. The summed E-state index contributed by atoms with van der Waals surface area (Å²) >= 11 is 0. The van der Waals surface area contributed by atoms with Crippen molar-refractivity contribution >= 4 is 23.4 Å². The summed E-state index contributed by atoms with van der Waals surface area (Å²) in [6, 6.07) is 15.9. The highest BCUT2D eigenvalue weighted by molar-refractivity contribution is 5.85. The number of methoxy groups -OCH3 is 1. The van der Waals surface area contributed by atoms with E-state index < -0.39 is 0 Å². The quantitative estimate of drug-likeness (QED) is 0.544. The molecule has 0 saturated carbocycles. The van der Waals surface area contributed by atoms with Gasteiger partial charge < -0.3 is 18.9 Å². The summed E-state index contributed by atoms with van der Waals surface area (Å²) in [7, 11) is 1.66. The molecule has 0 spiro atoms. The molecule has 0 radical (unpaired) electrons. The molecular formula is C21H28ClN3O2. The van der Waals surface area contributed by atoms with Crippen molar-refractivity contribution in [3.63, 3.8) is 0 Å². The zero-order valence-electron chi connectivity index (χ0n) is 16.2. The Morgan fingerprint density at radius 2 is 1.63 bits per heavy atom. The molecule has 0 saturated heterocycles. The van der Waals surface area contributed by atoms with Crippen LogP contribution in [0.5, 0.6) is 11.5 Å². The molecular weight excluding hydrogens is 362 g/mol. The smallest absolute Gasteiger partial charge is 0.148 e. The van der Waals surface area contributed by atoms with Crippen LogP contribution in [0.3, 0.4) is 0 Å². The van der Waals surface area contributed by atoms with E-state index in [4.69, 9.17) is 14.5 Å². The highest BCUT2D eigenvalue weighted by atomic mass is 35.5. The minimum atomic E-state index is 0. The molecule has 6 heteroatoms. The highest BCUT2D eigenvalue weighted by Crippen LogP contribution is 2.20. The molecule has 146 valence electrons. The van der Waals surface area contributed by atoms with Crippen LogP contribution in [-0.2, 0) is 13.2 Å². The Morgan fingerprint density at radius 3 is 2.30 bits per heavy atom. The Bertz CT molecular complexity index is 829. The van der Waals surface area contributed by atoms with Gasteiger partial charge in [-0.15, -0.1) is 12.4 Å². The van der Waals surface area contributed by atoms with Gasteiger partial charge in [0.05, 0.1) is 18.1 Å². The minimum Gasteiger partial charge on any atom is -0.497 e. The van der Waals surface area contributed by atoms with E-state index in [1.165, 1.54) is 0 Å². The number of likely N-dealkylation sites (N-methyl/N-ethyl adjacent to an activating group) is 1. The van der Waals surface area contributed by atoms with E-state index in [0.717, 1.165) is 54.5 Å². The zero-order chi connectivity index (χ0) is 18.4. The van der Waals surface area contributed by atoms with Gasteiger partial charge in [-0.05, 0) is 49.5 Å². The first kappa shape index (κ1) is 21.1. The standard InChI is InChI=1S/C21H27N3O2.ClH/c1-4-23(5-2)14-15-24-20-9-7-6-8-19(20)22-21(24)16-26-18-12-10-17(25-3)11-13-18;/h6-13H,4-5,14-16H2,1-3H3;1H. The molecule has 0 fully saturated rings. The largest absolute Gasteiger partial charge is 0.497 e. The Morgan fingerprint density at radius 1 is 0.963 bits per heavy atom. The van der Waals surface area contributed by atoms with Crippen LogP contribution in [0.4, 0.5) is 0 Å². The van der Waals surface area contributed by atoms with Gasteiger partial charge in [0.1, 0.15) is 23.9 Å². The van der Waals surface area contributed by atoms with Gasteiger partial charge in [-0.3, -0.25) is 0 Å². The maximum Gasteiger partial charge on any atom is 0.148 e. The average molecular weight is 390 g/mol. The van der Waals surface area contributed by atoms with Gasteiger partial charge in [0.25, 0.3) is 0 Å². The second-order valence-electron chi connectivity index (χ2n) is 6.16. The summed E-state index contributed by atoms with van der Waals surface area (Å²) < 4.78 is 13.4. The predicted molar refractivity (Wildman–Crippen MR) is 112 cm³/mol. The Labute approximate surface area is 167 Å². The van der Waals surface area contributed by atoms with Crippen LogP contribution in [-0.4, -0.2) is 41.2 Å². The number of hydrogen-bond donors (Lipinski definition) is 0. The Balaban J connectivity index is 0.00000261. The van der Waals surface area contributed by atoms with E-state index in [0.29, 0.717) is 6.61 Å². The number of para-hydroxylation sites is 2. The molecule has 27 heavy (non-hydrogen) atoms. The van der Waals surface area contributed by atoms with Crippen molar-refractivity contribution in [2.24, 2.45) is 0 Å². The second kappa shape index (κ2) is 10.2. The van der Waals surface area contributed by atoms with Gasteiger partial charge in [-0.25, -0.2) is 4.98 Å². The molecule has 0 aliphatic carbocycles. The average Bonchev–Trinajstić information content (AvgIpc) is 3.05. The molecule has 0 atom stereocenters. The number of nitrogens with zero attached hydrogens (tertiary/aromatic N) is 3. The lowest BCUT2D eigenvalue weighted by Crippen LogP contribution is -2.27. The molecule has 1 heterocycles. The van der Waals surface area contributed by atoms with Crippen molar-refractivity contribution in [3.05, 3.63) is 54.4 Å². The van der Waals surface area contributed by atoms with Crippen LogP contribution in [0.25, 0.3) is 11.0 Å². The second-order valence-corrected chi connectivity index (χ2v) is 6.16. The van der Waals surface area contributed by atoms with Crippen molar-refractivity contribution in [3.8, 4) is 11.5 Å². The number of rotatable bonds is 9. The molecule has 0 aliphatic rings. The number of halogens is 1. The third-order valence-corrected chi connectivity index (χ3v) is 4.70. The van der Waals surface area contributed by atoms with E-state index in [-0.39, 0.29) is 12.4 Å². The first-order valence-corrected chi connectivity index (χ1v) is 9.18.